The number of carbonyl (C=O) groups excluding carboxylic acids is 1. The lowest BCUT2D eigenvalue weighted by atomic mass is 9.64. The second kappa shape index (κ2) is 9.41. The Bertz CT molecular complexity index is 1580. The largest absolute Gasteiger partial charge is 0.475 e. The minimum atomic E-state index is -3.61. The molecule has 3 heterocycles. The Morgan fingerprint density at radius 1 is 1.18 bits per heavy atom. The quantitative estimate of drug-likeness (QED) is 0.383. The van der Waals surface area contributed by atoms with Crippen LogP contribution in [-0.4, -0.2) is 55.8 Å². The average molecular weight is 554 g/mol. The number of carbonyl (C=O) groups is 1. The monoisotopic (exact) mass is 553 g/mol. The topological polar surface area (TPSA) is 114 Å². The van der Waals surface area contributed by atoms with Gasteiger partial charge in [0.05, 0.1) is 28.1 Å². The predicted molar refractivity (Wildman–Crippen MR) is 148 cm³/mol. The molecular formula is C28H32FN5O4S. The van der Waals surface area contributed by atoms with Crippen LogP contribution in [0.25, 0.3) is 22.0 Å². The zero-order chi connectivity index (χ0) is 27.5. The first-order valence-corrected chi connectivity index (χ1v) is 14.9. The van der Waals surface area contributed by atoms with E-state index in [9.17, 15) is 13.2 Å². The van der Waals surface area contributed by atoms with Crippen LogP contribution in [0.2, 0.25) is 0 Å². The molecule has 2 aliphatic carbocycles. The second-order valence-electron chi connectivity index (χ2n) is 11.0. The van der Waals surface area contributed by atoms with Crippen LogP contribution in [0, 0.1) is 5.82 Å². The SMILES string of the molecule is CC(C)NCCOc1ncc(-c2cc3c4c(cnc3cc2F)N(C)C(=O)C42CCC2)cc1NS(=O)(=O)C1CC1. The van der Waals surface area contributed by atoms with Crippen molar-refractivity contribution >= 4 is 38.2 Å². The molecule has 0 bridgehead atoms. The number of sulfonamides is 1. The van der Waals surface area contributed by atoms with Gasteiger partial charge in [0.25, 0.3) is 0 Å². The molecule has 0 atom stereocenters. The van der Waals surface area contributed by atoms with E-state index in [1.807, 2.05) is 13.8 Å². The number of hydrogen-bond acceptors (Lipinski definition) is 7. The Balaban J connectivity index is 1.42. The normalized spacial score (nSPS) is 18.1. The molecule has 3 aliphatic rings. The Hall–Kier alpha value is -3.31. The highest BCUT2D eigenvalue weighted by atomic mass is 32.2. The molecule has 1 aliphatic heterocycles. The average Bonchev–Trinajstić information content (AvgIpc) is 3.69. The number of amides is 1. The van der Waals surface area contributed by atoms with Crippen LogP contribution in [0.15, 0.2) is 30.6 Å². The van der Waals surface area contributed by atoms with Gasteiger partial charge in [0.2, 0.25) is 21.8 Å². The molecule has 0 radical (unpaired) electrons. The molecule has 39 heavy (non-hydrogen) atoms. The molecule has 3 aromatic rings. The molecule has 1 amide bonds. The highest BCUT2D eigenvalue weighted by molar-refractivity contribution is 7.93. The molecule has 1 spiro atoms. The lowest BCUT2D eigenvalue weighted by Gasteiger charge is -2.37. The van der Waals surface area contributed by atoms with Crippen molar-refractivity contribution < 1.29 is 22.3 Å². The van der Waals surface area contributed by atoms with Crippen molar-refractivity contribution in [3.05, 3.63) is 42.0 Å². The van der Waals surface area contributed by atoms with E-state index in [0.29, 0.717) is 30.5 Å². The van der Waals surface area contributed by atoms with Gasteiger partial charge in [-0.05, 0) is 37.8 Å². The predicted octanol–water partition coefficient (Wildman–Crippen LogP) is 4.11. The van der Waals surface area contributed by atoms with Gasteiger partial charge in [-0.15, -0.1) is 0 Å². The Labute approximate surface area is 227 Å². The van der Waals surface area contributed by atoms with Gasteiger partial charge < -0.3 is 15.0 Å². The summed E-state index contributed by atoms with van der Waals surface area (Å²) in [5, 5.41) is 3.52. The number of halogens is 1. The molecular weight excluding hydrogens is 521 g/mol. The zero-order valence-electron chi connectivity index (χ0n) is 22.3. The summed E-state index contributed by atoms with van der Waals surface area (Å²) in [4.78, 5) is 23.7. The van der Waals surface area contributed by atoms with E-state index < -0.39 is 26.5 Å². The van der Waals surface area contributed by atoms with Crippen molar-refractivity contribution in [2.75, 3.05) is 29.8 Å². The summed E-state index contributed by atoms with van der Waals surface area (Å²) < 4.78 is 49.5. The van der Waals surface area contributed by atoms with Crippen molar-refractivity contribution in [2.24, 2.45) is 0 Å². The van der Waals surface area contributed by atoms with Gasteiger partial charge in [-0.2, -0.15) is 0 Å². The van der Waals surface area contributed by atoms with Crippen LogP contribution in [0.4, 0.5) is 15.8 Å². The third-order valence-corrected chi connectivity index (χ3v) is 9.82. The van der Waals surface area contributed by atoms with Gasteiger partial charge in [0.1, 0.15) is 18.1 Å². The van der Waals surface area contributed by atoms with E-state index in [1.165, 1.54) is 12.3 Å². The highest BCUT2D eigenvalue weighted by Crippen LogP contribution is 2.55. The summed E-state index contributed by atoms with van der Waals surface area (Å²) in [6.45, 7) is 4.88. The van der Waals surface area contributed by atoms with E-state index in [2.05, 4.69) is 20.0 Å². The number of aromatic nitrogens is 2. The molecule has 9 nitrogen and oxygen atoms in total. The van der Waals surface area contributed by atoms with Gasteiger partial charge in [-0.25, -0.2) is 17.8 Å². The van der Waals surface area contributed by atoms with Gasteiger partial charge in [-0.3, -0.25) is 14.5 Å². The summed E-state index contributed by atoms with van der Waals surface area (Å²) in [6, 6.07) is 4.93. The van der Waals surface area contributed by atoms with E-state index in [4.69, 9.17) is 4.74 Å². The van der Waals surface area contributed by atoms with Crippen molar-refractivity contribution in [2.45, 2.75) is 62.7 Å². The van der Waals surface area contributed by atoms with E-state index >= 15 is 4.39 Å². The summed E-state index contributed by atoms with van der Waals surface area (Å²) in [6.07, 6.45) is 6.79. The van der Waals surface area contributed by atoms with Crippen molar-refractivity contribution in [3.8, 4) is 17.0 Å². The first-order valence-electron chi connectivity index (χ1n) is 13.4. The number of nitrogens with one attached hydrogen (secondary N) is 2. The van der Waals surface area contributed by atoms with Gasteiger partial charge in [0.15, 0.2) is 0 Å². The maximum Gasteiger partial charge on any atom is 0.238 e. The second-order valence-corrected chi connectivity index (χ2v) is 13.0. The zero-order valence-corrected chi connectivity index (χ0v) is 23.1. The number of fused-ring (bicyclic) bond motifs is 4. The molecule has 2 fully saturated rings. The van der Waals surface area contributed by atoms with Crippen LogP contribution < -0.4 is 19.7 Å². The van der Waals surface area contributed by atoms with Gasteiger partial charge in [0, 0.05) is 54.0 Å². The summed E-state index contributed by atoms with van der Waals surface area (Å²) in [5.41, 5.74) is 2.35. The number of ether oxygens (including phenoxy) is 1. The standard InChI is InChI=1S/C28H32FN5O4S/c1-16(2)30-9-10-38-26-23(33-39(36,37)18-5-6-18)11-17(14-32-26)19-12-20-22(13-21(19)29)31-15-24-25(20)28(7-4-8-28)27(35)34(24)3/h11-16,18,30,33H,4-10H2,1-3H3. The van der Waals surface area contributed by atoms with Crippen LogP contribution >= 0.6 is 0 Å². The fourth-order valence-electron chi connectivity index (χ4n) is 5.61. The number of anilines is 2. The van der Waals surface area contributed by atoms with Crippen LogP contribution in [0.3, 0.4) is 0 Å². The molecule has 2 aromatic heterocycles. The fourth-order valence-corrected chi connectivity index (χ4v) is 6.99. The third-order valence-electron chi connectivity index (χ3n) is 7.97. The Kier molecular flexibility index (Phi) is 6.26. The van der Waals surface area contributed by atoms with Crippen LogP contribution in [0.5, 0.6) is 5.88 Å². The fraction of sp³-hybridized carbons (Fsp3) is 0.464. The van der Waals surface area contributed by atoms with E-state index in [0.717, 1.165) is 35.9 Å². The van der Waals surface area contributed by atoms with Gasteiger partial charge in [-0.1, -0.05) is 20.3 Å². The summed E-state index contributed by atoms with van der Waals surface area (Å²) >= 11 is 0. The number of likely N-dealkylation sites (N-methyl/N-ethyl adjacent to an activating group) is 1. The van der Waals surface area contributed by atoms with Crippen LogP contribution in [-0.2, 0) is 20.2 Å². The molecule has 1 aromatic carbocycles. The lowest BCUT2D eigenvalue weighted by molar-refractivity contribution is -0.125. The smallest absolute Gasteiger partial charge is 0.238 e. The van der Waals surface area contributed by atoms with Crippen molar-refractivity contribution in [1.29, 1.82) is 0 Å². The molecule has 11 heteroatoms. The summed E-state index contributed by atoms with van der Waals surface area (Å²) in [5.74, 6) is -0.323. The van der Waals surface area contributed by atoms with E-state index in [-0.39, 0.29) is 35.7 Å². The Morgan fingerprint density at radius 3 is 2.62 bits per heavy atom. The number of nitrogens with zero attached hydrogens (tertiary/aromatic N) is 3. The first kappa shape index (κ1) is 25.9. The Morgan fingerprint density at radius 2 is 1.95 bits per heavy atom. The highest BCUT2D eigenvalue weighted by Gasteiger charge is 2.54. The van der Waals surface area contributed by atoms with Crippen molar-refractivity contribution in [3.63, 3.8) is 0 Å². The minimum absolute atomic E-state index is 0.0517. The minimum Gasteiger partial charge on any atom is -0.475 e. The molecule has 6 rings (SSSR count). The molecule has 2 saturated carbocycles. The lowest BCUT2D eigenvalue weighted by Crippen LogP contribution is -2.43. The molecule has 2 N–H and O–H groups in total. The molecule has 0 unspecified atom stereocenters. The molecule has 0 saturated heterocycles. The van der Waals surface area contributed by atoms with E-state index in [1.54, 1.807) is 30.3 Å². The number of benzene rings is 1. The summed E-state index contributed by atoms with van der Waals surface area (Å²) in [7, 11) is -1.86. The van der Waals surface area contributed by atoms with Crippen LogP contribution in [0.1, 0.15) is 51.5 Å². The van der Waals surface area contributed by atoms with Gasteiger partial charge >= 0.3 is 0 Å². The number of hydrogen-bond donors (Lipinski definition) is 2. The maximum atomic E-state index is 15.5. The number of rotatable bonds is 9. The maximum absolute atomic E-state index is 15.5. The molecule has 206 valence electrons. The first-order chi connectivity index (χ1) is 18.6. The number of pyridine rings is 2. The van der Waals surface area contributed by atoms with Crippen molar-refractivity contribution in [1.82, 2.24) is 15.3 Å². The third kappa shape index (κ3) is 4.41.